The second kappa shape index (κ2) is 5.09. The molecule has 0 unspecified atom stereocenters. The predicted molar refractivity (Wildman–Crippen MR) is 82.8 cm³/mol. The molecule has 18 heavy (non-hydrogen) atoms. The van der Waals surface area contributed by atoms with Crippen LogP contribution in [0.5, 0.6) is 0 Å². The molecule has 0 amide bonds. The first-order chi connectivity index (χ1) is 8.26. The van der Waals surface area contributed by atoms with Crippen LogP contribution in [0.4, 0.5) is 0 Å². The van der Waals surface area contributed by atoms with Gasteiger partial charge in [0.1, 0.15) is 0 Å². The molecule has 1 heterocycles. The zero-order chi connectivity index (χ0) is 13.4. The second-order valence-corrected chi connectivity index (χ2v) is 15.3. The Labute approximate surface area is 117 Å². The number of halogens is 1. The van der Waals surface area contributed by atoms with E-state index in [9.17, 15) is 0 Å². The number of rotatable bonds is 2. The summed E-state index contributed by atoms with van der Waals surface area (Å²) in [4.78, 5) is 2.57. The van der Waals surface area contributed by atoms with Crippen LogP contribution >= 0.6 is 11.6 Å². The highest BCUT2D eigenvalue weighted by atomic mass is 35.5. The third-order valence-electron chi connectivity index (χ3n) is 3.08. The molecule has 0 saturated carbocycles. The molecule has 1 fully saturated rings. The Morgan fingerprint density at radius 1 is 1.06 bits per heavy atom. The van der Waals surface area contributed by atoms with Crippen LogP contribution in [0.3, 0.4) is 0 Å². The van der Waals surface area contributed by atoms with E-state index >= 15 is 0 Å². The molecule has 0 aromatic heterocycles. The molecule has 100 valence electrons. The smallest absolute Gasteiger partial charge is 0.187 e. The van der Waals surface area contributed by atoms with Crippen molar-refractivity contribution in [3.05, 3.63) is 34.9 Å². The van der Waals surface area contributed by atoms with E-state index in [1.807, 2.05) is 12.1 Å². The Morgan fingerprint density at radius 2 is 1.56 bits per heavy atom. The molecule has 0 spiro atoms. The highest BCUT2D eigenvalue weighted by molar-refractivity contribution is 6.86. The van der Waals surface area contributed by atoms with E-state index in [0.717, 1.165) is 23.9 Å². The number of nitrogens with zero attached hydrogens (tertiary/aromatic N) is 1. The van der Waals surface area contributed by atoms with Gasteiger partial charge in [-0.05, 0) is 43.9 Å². The number of benzene rings is 1. The zero-order valence-electron chi connectivity index (χ0n) is 11.7. The fourth-order valence-electron chi connectivity index (χ4n) is 2.91. The van der Waals surface area contributed by atoms with E-state index < -0.39 is 16.6 Å². The van der Waals surface area contributed by atoms with Gasteiger partial charge in [0.25, 0.3) is 0 Å². The minimum Gasteiger partial charge on any atom is -0.454 e. The molecular formula is C13H22ClNOSi2. The molecule has 0 N–H and O–H groups in total. The van der Waals surface area contributed by atoms with Gasteiger partial charge in [0.2, 0.25) is 0 Å². The normalized spacial score (nSPS) is 22.9. The molecular weight excluding hydrogens is 278 g/mol. The van der Waals surface area contributed by atoms with Gasteiger partial charge in [-0.2, -0.15) is 0 Å². The van der Waals surface area contributed by atoms with Gasteiger partial charge in [-0.15, -0.1) is 0 Å². The first-order valence-electron chi connectivity index (χ1n) is 6.43. The Kier molecular flexibility index (Phi) is 4.04. The topological polar surface area (TPSA) is 12.5 Å². The maximum Gasteiger partial charge on any atom is 0.187 e. The molecule has 1 aliphatic heterocycles. The van der Waals surface area contributed by atoms with Crippen LogP contribution in [0.1, 0.15) is 5.56 Å². The highest BCUT2D eigenvalue weighted by Gasteiger charge is 2.41. The molecule has 0 bridgehead atoms. The van der Waals surface area contributed by atoms with Gasteiger partial charge < -0.3 is 4.12 Å². The lowest BCUT2D eigenvalue weighted by atomic mass is 10.2. The maximum absolute atomic E-state index is 6.36. The molecule has 0 radical (unpaired) electrons. The van der Waals surface area contributed by atoms with E-state index in [-0.39, 0.29) is 0 Å². The van der Waals surface area contributed by atoms with Crippen molar-refractivity contribution in [3.8, 4) is 0 Å². The van der Waals surface area contributed by atoms with Crippen LogP contribution in [0.15, 0.2) is 24.3 Å². The van der Waals surface area contributed by atoms with Crippen LogP contribution in [0.2, 0.25) is 31.2 Å². The summed E-state index contributed by atoms with van der Waals surface area (Å²) in [6.07, 6.45) is 2.26. The van der Waals surface area contributed by atoms with Crippen LogP contribution < -0.4 is 0 Å². The van der Waals surface area contributed by atoms with Crippen molar-refractivity contribution in [1.82, 2.24) is 4.90 Å². The van der Waals surface area contributed by atoms with Gasteiger partial charge in [0.15, 0.2) is 16.6 Å². The molecule has 1 aromatic rings. The van der Waals surface area contributed by atoms with Crippen LogP contribution in [0.25, 0.3) is 0 Å². The van der Waals surface area contributed by atoms with Gasteiger partial charge in [0.05, 0.1) is 0 Å². The summed E-state index contributed by atoms with van der Waals surface area (Å²) in [5.74, 6) is 0. The van der Waals surface area contributed by atoms with Crippen LogP contribution in [-0.2, 0) is 10.7 Å². The number of hydrogen-bond donors (Lipinski definition) is 0. The molecule has 0 aliphatic carbocycles. The summed E-state index contributed by atoms with van der Waals surface area (Å²) >= 11 is 5.93. The van der Waals surface area contributed by atoms with Crippen molar-refractivity contribution >= 4 is 28.2 Å². The molecule has 2 rings (SSSR count). The average molecular weight is 300 g/mol. The lowest BCUT2D eigenvalue weighted by molar-refractivity contribution is 0.291. The van der Waals surface area contributed by atoms with Crippen LogP contribution in [-0.4, -0.2) is 33.9 Å². The fraction of sp³-hybridized carbons (Fsp3) is 0.538. The van der Waals surface area contributed by atoms with Crippen molar-refractivity contribution in [1.29, 1.82) is 0 Å². The summed E-state index contributed by atoms with van der Waals surface area (Å²) < 4.78 is 6.36. The van der Waals surface area contributed by atoms with Crippen molar-refractivity contribution < 1.29 is 4.12 Å². The van der Waals surface area contributed by atoms with Gasteiger partial charge in [0, 0.05) is 23.9 Å². The minimum absolute atomic E-state index is 0.810. The van der Waals surface area contributed by atoms with Gasteiger partial charge in [-0.1, -0.05) is 23.7 Å². The Bertz CT molecular complexity index is 404. The first kappa shape index (κ1) is 14.3. The number of hydrogen-bond acceptors (Lipinski definition) is 2. The zero-order valence-corrected chi connectivity index (χ0v) is 14.4. The summed E-state index contributed by atoms with van der Waals surface area (Å²) in [6.45, 7) is 10.3. The lowest BCUT2D eigenvalue weighted by Crippen LogP contribution is -2.62. The summed E-state index contributed by atoms with van der Waals surface area (Å²) in [7, 11) is -2.98. The van der Waals surface area contributed by atoms with Gasteiger partial charge >= 0.3 is 0 Å². The Hall–Kier alpha value is -0.136. The van der Waals surface area contributed by atoms with E-state index in [1.165, 1.54) is 5.56 Å². The summed E-state index contributed by atoms with van der Waals surface area (Å²) in [5, 5.41) is 0.810. The molecule has 1 saturated heterocycles. The van der Waals surface area contributed by atoms with Gasteiger partial charge in [-0.3, -0.25) is 4.90 Å². The monoisotopic (exact) mass is 299 g/mol. The SMILES string of the molecule is C[Si]1(C)CN(Cc2ccc(Cl)cc2)C[Si](C)(C)O1. The van der Waals surface area contributed by atoms with Crippen molar-refractivity contribution in [3.63, 3.8) is 0 Å². The minimum atomic E-state index is -1.49. The van der Waals surface area contributed by atoms with Crippen molar-refractivity contribution in [2.75, 3.05) is 12.3 Å². The standard InChI is InChI=1S/C13H22ClNOSi2/c1-17(2)10-15(11-18(3,4)16-17)9-12-5-7-13(14)8-6-12/h5-8H,9-11H2,1-4H3. The molecule has 2 nitrogen and oxygen atoms in total. The van der Waals surface area contributed by atoms with Crippen molar-refractivity contribution in [2.24, 2.45) is 0 Å². The third-order valence-corrected chi connectivity index (χ3v) is 10.2. The van der Waals surface area contributed by atoms with Crippen LogP contribution in [0, 0.1) is 0 Å². The first-order valence-corrected chi connectivity index (χ1v) is 13.0. The van der Waals surface area contributed by atoms with Crippen molar-refractivity contribution in [2.45, 2.75) is 32.7 Å². The fourth-order valence-corrected chi connectivity index (χ4v) is 12.4. The van der Waals surface area contributed by atoms with E-state index in [1.54, 1.807) is 0 Å². The quantitative estimate of drug-likeness (QED) is 0.773. The van der Waals surface area contributed by atoms with E-state index in [4.69, 9.17) is 15.7 Å². The van der Waals surface area contributed by atoms with E-state index in [0.29, 0.717) is 0 Å². The van der Waals surface area contributed by atoms with E-state index in [2.05, 4.69) is 43.2 Å². The Morgan fingerprint density at radius 3 is 2.06 bits per heavy atom. The predicted octanol–water partition coefficient (Wildman–Crippen LogP) is 3.66. The highest BCUT2D eigenvalue weighted by Crippen LogP contribution is 2.24. The second-order valence-electron chi connectivity index (χ2n) is 6.39. The average Bonchev–Trinajstić information content (AvgIpc) is 2.16. The molecule has 5 heteroatoms. The Balaban J connectivity index is 2.07. The molecule has 1 aliphatic rings. The summed E-state index contributed by atoms with van der Waals surface area (Å²) in [6, 6.07) is 8.20. The maximum atomic E-state index is 6.36. The lowest BCUT2D eigenvalue weighted by Gasteiger charge is -2.45. The molecule has 1 aromatic carbocycles. The third kappa shape index (κ3) is 3.93. The largest absolute Gasteiger partial charge is 0.454 e. The van der Waals surface area contributed by atoms with Gasteiger partial charge in [-0.25, -0.2) is 0 Å². The molecule has 0 atom stereocenters. The summed E-state index contributed by atoms with van der Waals surface area (Å²) in [5.41, 5.74) is 1.34.